The Morgan fingerprint density at radius 3 is 2.65 bits per heavy atom. The second-order valence-electron chi connectivity index (χ2n) is 7.80. The van der Waals surface area contributed by atoms with Gasteiger partial charge in [-0.25, -0.2) is 4.98 Å². The van der Waals surface area contributed by atoms with Gasteiger partial charge < -0.3 is 19.3 Å². The molecule has 0 spiro atoms. The maximum atomic E-state index is 12.8. The second-order valence-corrected chi connectivity index (χ2v) is 8.24. The predicted molar refractivity (Wildman–Crippen MR) is 118 cm³/mol. The lowest BCUT2D eigenvalue weighted by molar-refractivity contribution is -0.139. The van der Waals surface area contributed by atoms with E-state index in [4.69, 9.17) is 21.1 Å². The van der Waals surface area contributed by atoms with Crippen LogP contribution in [0.15, 0.2) is 29.1 Å². The summed E-state index contributed by atoms with van der Waals surface area (Å²) in [7, 11) is 0. The van der Waals surface area contributed by atoms with Crippen LogP contribution in [0.4, 0.5) is 5.95 Å². The molecule has 1 N–H and O–H groups in total. The van der Waals surface area contributed by atoms with Crippen LogP contribution in [0.5, 0.6) is 0 Å². The summed E-state index contributed by atoms with van der Waals surface area (Å²) in [5.74, 6) is 0.582. The maximum Gasteiger partial charge on any atom is 0.255 e. The van der Waals surface area contributed by atoms with E-state index in [1.807, 2.05) is 41.0 Å². The molecule has 0 bridgehead atoms. The molecule has 0 aliphatic carbocycles. The minimum atomic E-state index is -0.178. The zero-order valence-electron chi connectivity index (χ0n) is 17.6. The molecule has 1 unspecified atom stereocenters. The highest BCUT2D eigenvalue weighted by Gasteiger charge is 2.26. The van der Waals surface area contributed by atoms with Crippen molar-refractivity contribution < 1.29 is 14.3 Å². The number of morpholine rings is 2. The molecular weight excluding hydrogens is 420 g/mol. The number of H-pyrrole nitrogens is 1. The highest BCUT2D eigenvalue weighted by Crippen LogP contribution is 2.24. The third kappa shape index (κ3) is 5.26. The molecule has 31 heavy (non-hydrogen) atoms. The molecule has 0 saturated carbocycles. The number of anilines is 1. The SMILES string of the molecule is Cc1nc(N2CCOCC2)[nH]c(=O)c1CCC(=O)N1CCOC(c2ccc(Cl)cc2)C1. The topological polar surface area (TPSA) is 87.8 Å². The lowest BCUT2D eigenvalue weighted by atomic mass is 10.1. The van der Waals surface area contributed by atoms with Crippen LogP contribution in [0, 0.1) is 6.92 Å². The fraction of sp³-hybridized carbons (Fsp3) is 0.500. The van der Waals surface area contributed by atoms with Crippen molar-refractivity contribution in [3.8, 4) is 0 Å². The van der Waals surface area contributed by atoms with Gasteiger partial charge in [0.2, 0.25) is 11.9 Å². The van der Waals surface area contributed by atoms with Gasteiger partial charge in [0, 0.05) is 42.3 Å². The zero-order valence-corrected chi connectivity index (χ0v) is 18.4. The number of hydrogen-bond acceptors (Lipinski definition) is 6. The lowest BCUT2D eigenvalue weighted by Crippen LogP contribution is -2.42. The summed E-state index contributed by atoms with van der Waals surface area (Å²) in [4.78, 5) is 36.7. The molecular formula is C22H27ClN4O4. The van der Waals surface area contributed by atoms with Gasteiger partial charge in [0.15, 0.2) is 0 Å². The molecule has 8 nitrogen and oxygen atoms in total. The Labute approximate surface area is 186 Å². The van der Waals surface area contributed by atoms with Gasteiger partial charge in [0.25, 0.3) is 5.56 Å². The van der Waals surface area contributed by atoms with Crippen LogP contribution >= 0.6 is 11.6 Å². The van der Waals surface area contributed by atoms with Gasteiger partial charge in [0.05, 0.1) is 26.4 Å². The van der Waals surface area contributed by atoms with E-state index in [1.54, 1.807) is 0 Å². The molecule has 0 radical (unpaired) electrons. The normalized spacial score (nSPS) is 19.5. The standard InChI is InChI=1S/C22H27ClN4O4/c1-15-18(21(29)25-22(24-15)26-8-11-30-12-9-26)6-7-20(28)27-10-13-31-19(14-27)16-2-4-17(23)5-3-16/h2-5,19H,6-14H2,1H3,(H,24,25,29). The average Bonchev–Trinajstić information content (AvgIpc) is 2.79. The van der Waals surface area contributed by atoms with Crippen molar-refractivity contribution in [2.24, 2.45) is 0 Å². The molecule has 1 amide bonds. The molecule has 3 heterocycles. The summed E-state index contributed by atoms with van der Waals surface area (Å²) in [6.45, 7) is 5.98. The van der Waals surface area contributed by atoms with Gasteiger partial charge in [-0.05, 0) is 31.0 Å². The Kier molecular flexibility index (Phi) is 6.89. The fourth-order valence-corrected chi connectivity index (χ4v) is 4.09. The van der Waals surface area contributed by atoms with Crippen LogP contribution < -0.4 is 10.5 Å². The van der Waals surface area contributed by atoms with Gasteiger partial charge in [0.1, 0.15) is 6.10 Å². The van der Waals surface area contributed by atoms with E-state index in [2.05, 4.69) is 9.97 Å². The Hall–Kier alpha value is -2.42. The Balaban J connectivity index is 1.37. The smallest absolute Gasteiger partial charge is 0.255 e. The van der Waals surface area contributed by atoms with Crippen molar-refractivity contribution in [2.75, 3.05) is 50.9 Å². The first-order valence-corrected chi connectivity index (χ1v) is 11.0. The average molecular weight is 447 g/mol. The van der Waals surface area contributed by atoms with E-state index in [9.17, 15) is 9.59 Å². The summed E-state index contributed by atoms with van der Waals surface area (Å²) < 4.78 is 11.2. The number of rotatable bonds is 5. The summed E-state index contributed by atoms with van der Waals surface area (Å²) in [5, 5.41) is 0.668. The van der Waals surface area contributed by atoms with Crippen LogP contribution in [0.3, 0.4) is 0 Å². The number of carbonyl (C=O) groups excluding carboxylic acids is 1. The van der Waals surface area contributed by atoms with Crippen LogP contribution in [0.2, 0.25) is 5.02 Å². The Morgan fingerprint density at radius 1 is 1.19 bits per heavy atom. The largest absolute Gasteiger partial charge is 0.378 e. The number of aromatic amines is 1. The number of ether oxygens (including phenoxy) is 2. The molecule has 2 aliphatic rings. The molecule has 2 aliphatic heterocycles. The number of aromatic nitrogens is 2. The summed E-state index contributed by atoms with van der Waals surface area (Å²) in [6.07, 6.45) is 0.449. The van der Waals surface area contributed by atoms with E-state index < -0.39 is 0 Å². The molecule has 2 aromatic rings. The third-order valence-corrected chi connectivity index (χ3v) is 6.02. The van der Waals surface area contributed by atoms with Crippen molar-refractivity contribution in [1.82, 2.24) is 14.9 Å². The molecule has 166 valence electrons. The molecule has 1 aromatic carbocycles. The van der Waals surface area contributed by atoms with E-state index in [-0.39, 0.29) is 24.0 Å². The molecule has 2 saturated heterocycles. The van der Waals surface area contributed by atoms with E-state index >= 15 is 0 Å². The van der Waals surface area contributed by atoms with Crippen LogP contribution in [0.25, 0.3) is 0 Å². The molecule has 1 aromatic heterocycles. The number of carbonyl (C=O) groups is 1. The number of nitrogens with one attached hydrogen (secondary N) is 1. The second kappa shape index (κ2) is 9.80. The minimum absolute atomic E-state index is 0.0123. The number of amides is 1. The minimum Gasteiger partial charge on any atom is -0.378 e. The van der Waals surface area contributed by atoms with Gasteiger partial charge in [-0.2, -0.15) is 0 Å². The quantitative estimate of drug-likeness (QED) is 0.756. The predicted octanol–water partition coefficient (Wildman–Crippen LogP) is 2.10. The maximum absolute atomic E-state index is 12.8. The summed E-state index contributed by atoms with van der Waals surface area (Å²) in [5.41, 5.74) is 2.05. The zero-order chi connectivity index (χ0) is 21.8. The first kappa shape index (κ1) is 21.8. The first-order chi connectivity index (χ1) is 15.0. The molecule has 9 heteroatoms. The van der Waals surface area contributed by atoms with Gasteiger partial charge in [-0.15, -0.1) is 0 Å². The molecule has 1 atom stereocenters. The van der Waals surface area contributed by atoms with Crippen LogP contribution in [-0.2, 0) is 20.7 Å². The number of benzene rings is 1. The van der Waals surface area contributed by atoms with Gasteiger partial charge in [-0.1, -0.05) is 23.7 Å². The van der Waals surface area contributed by atoms with Crippen molar-refractivity contribution >= 4 is 23.5 Å². The monoisotopic (exact) mass is 446 g/mol. The van der Waals surface area contributed by atoms with E-state index in [0.717, 1.165) is 5.56 Å². The third-order valence-electron chi connectivity index (χ3n) is 5.77. The lowest BCUT2D eigenvalue weighted by Gasteiger charge is -2.33. The molecule has 4 rings (SSSR count). The first-order valence-electron chi connectivity index (χ1n) is 10.6. The summed E-state index contributed by atoms with van der Waals surface area (Å²) in [6, 6.07) is 7.49. The Bertz CT molecular complexity index is 972. The van der Waals surface area contributed by atoms with Crippen molar-refractivity contribution in [1.29, 1.82) is 0 Å². The molecule has 2 fully saturated rings. The van der Waals surface area contributed by atoms with Gasteiger partial charge in [-0.3, -0.25) is 14.6 Å². The van der Waals surface area contributed by atoms with Crippen molar-refractivity contribution in [3.63, 3.8) is 0 Å². The number of aryl methyl sites for hydroxylation is 1. The van der Waals surface area contributed by atoms with Gasteiger partial charge >= 0.3 is 0 Å². The Morgan fingerprint density at radius 2 is 1.94 bits per heavy atom. The summed E-state index contributed by atoms with van der Waals surface area (Å²) >= 11 is 5.96. The van der Waals surface area contributed by atoms with Crippen molar-refractivity contribution in [3.05, 3.63) is 56.5 Å². The van der Waals surface area contributed by atoms with Crippen LogP contribution in [0.1, 0.15) is 29.3 Å². The fourth-order valence-electron chi connectivity index (χ4n) is 3.96. The number of hydrogen-bond donors (Lipinski definition) is 1. The highest BCUT2D eigenvalue weighted by molar-refractivity contribution is 6.30. The number of nitrogens with zero attached hydrogens (tertiary/aromatic N) is 3. The highest BCUT2D eigenvalue weighted by atomic mass is 35.5. The van der Waals surface area contributed by atoms with Crippen LogP contribution in [-0.4, -0.2) is 66.8 Å². The van der Waals surface area contributed by atoms with E-state index in [0.29, 0.717) is 74.6 Å². The number of halogens is 1. The van der Waals surface area contributed by atoms with Crippen molar-refractivity contribution in [2.45, 2.75) is 25.9 Å². The van der Waals surface area contributed by atoms with E-state index in [1.165, 1.54) is 0 Å².